The Balaban J connectivity index is 2.07. The van der Waals surface area contributed by atoms with Crippen LogP contribution >= 0.6 is 0 Å². The summed E-state index contributed by atoms with van der Waals surface area (Å²) in [5, 5.41) is 0. The third-order valence-electron chi connectivity index (χ3n) is 4.34. The van der Waals surface area contributed by atoms with E-state index in [0.29, 0.717) is 12.6 Å². The van der Waals surface area contributed by atoms with Crippen molar-refractivity contribution in [2.75, 3.05) is 6.54 Å². The molecule has 18 heavy (non-hydrogen) atoms. The van der Waals surface area contributed by atoms with Crippen molar-refractivity contribution < 1.29 is 4.42 Å². The fourth-order valence-corrected chi connectivity index (χ4v) is 3.11. The van der Waals surface area contributed by atoms with E-state index in [1.54, 1.807) is 0 Å². The normalized spacial score (nSPS) is 29.7. The standard InChI is InChI=1S/C15H26N2O/c1-10-5-11(2)13(4)17(8-10)9-14-6-12(3)15(7-16)18-14/h6,10-11,13H,5,7-9,16H2,1-4H3. The molecule has 1 aromatic heterocycles. The zero-order chi connectivity index (χ0) is 13.3. The second-order valence-corrected chi connectivity index (χ2v) is 6.01. The summed E-state index contributed by atoms with van der Waals surface area (Å²) in [5.74, 6) is 3.52. The SMILES string of the molecule is Cc1cc(CN2CC(C)CC(C)C2C)oc1CN. The summed E-state index contributed by atoms with van der Waals surface area (Å²) in [5.41, 5.74) is 6.84. The largest absolute Gasteiger partial charge is 0.463 e. The van der Waals surface area contributed by atoms with Crippen molar-refractivity contribution in [3.63, 3.8) is 0 Å². The van der Waals surface area contributed by atoms with Gasteiger partial charge in [-0.2, -0.15) is 0 Å². The number of rotatable bonds is 3. The molecular weight excluding hydrogens is 224 g/mol. The Kier molecular flexibility index (Phi) is 4.13. The Bertz CT molecular complexity index is 399. The van der Waals surface area contributed by atoms with E-state index in [4.69, 9.17) is 10.2 Å². The molecule has 1 fully saturated rings. The predicted molar refractivity (Wildman–Crippen MR) is 74.2 cm³/mol. The van der Waals surface area contributed by atoms with E-state index >= 15 is 0 Å². The van der Waals surface area contributed by atoms with Crippen molar-refractivity contribution in [1.29, 1.82) is 0 Å². The molecule has 3 nitrogen and oxygen atoms in total. The molecule has 0 aliphatic carbocycles. The highest BCUT2D eigenvalue weighted by atomic mass is 16.3. The van der Waals surface area contributed by atoms with Gasteiger partial charge in [0, 0.05) is 12.6 Å². The van der Waals surface area contributed by atoms with Gasteiger partial charge in [0.05, 0.1) is 13.1 Å². The van der Waals surface area contributed by atoms with Gasteiger partial charge in [-0.1, -0.05) is 13.8 Å². The predicted octanol–water partition coefficient (Wildman–Crippen LogP) is 2.91. The third-order valence-corrected chi connectivity index (χ3v) is 4.34. The van der Waals surface area contributed by atoms with Crippen LogP contribution in [0.5, 0.6) is 0 Å². The van der Waals surface area contributed by atoms with Crippen molar-refractivity contribution in [3.8, 4) is 0 Å². The van der Waals surface area contributed by atoms with Crippen LogP contribution in [0, 0.1) is 18.8 Å². The average molecular weight is 250 g/mol. The van der Waals surface area contributed by atoms with Crippen molar-refractivity contribution in [3.05, 3.63) is 23.2 Å². The van der Waals surface area contributed by atoms with Crippen molar-refractivity contribution >= 4 is 0 Å². The number of piperidine rings is 1. The van der Waals surface area contributed by atoms with E-state index in [9.17, 15) is 0 Å². The topological polar surface area (TPSA) is 42.4 Å². The van der Waals surface area contributed by atoms with Crippen molar-refractivity contribution in [2.24, 2.45) is 17.6 Å². The molecule has 1 aliphatic heterocycles. The summed E-state index contributed by atoms with van der Waals surface area (Å²) in [7, 11) is 0. The summed E-state index contributed by atoms with van der Waals surface area (Å²) in [6, 6.07) is 2.77. The molecule has 3 unspecified atom stereocenters. The van der Waals surface area contributed by atoms with E-state index in [0.717, 1.165) is 29.9 Å². The van der Waals surface area contributed by atoms with E-state index in [1.165, 1.54) is 18.5 Å². The lowest BCUT2D eigenvalue weighted by Crippen LogP contribution is -2.45. The molecule has 1 aliphatic rings. The molecular formula is C15H26N2O. The van der Waals surface area contributed by atoms with Crippen LogP contribution < -0.4 is 5.73 Å². The lowest BCUT2D eigenvalue weighted by Gasteiger charge is -2.40. The maximum absolute atomic E-state index is 5.82. The first-order chi connectivity index (χ1) is 8.51. The smallest absolute Gasteiger partial charge is 0.120 e. The van der Waals surface area contributed by atoms with Crippen LogP contribution in [0.4, 0.5) is 0 Å². The number of furan rings is 1. The molecule has 0 spiro atoms. The van der Waals surface area contributed by atoms with Gasteiger partial charge in [0.1, 0.15) is 11.5 Å². The second-order valence-electron chi connectivity index (χ2n) is 6.01. The van der Waals surface area contributed by atoms with Crippen LogP contribution in [0.25, 0.3) is 0 Å². The summed E-state index contributed by atoms with van der Waals surface area (Å²) in [4.78, 5) is 2.54. The summed E-state index contributed by atoms with van der Waals surface area (Å²) in [6.07, 6.45) is 1.34. The van der Waals surface area contributed by atoms with E-state index < -0.39 is 0 Å². The molecule has 0 radical (unpaired) electrons. The van der Waals surface area contributed by atoms with Gasteiger partial charge >= 0.3 is 0 Å². The molecule has 0 aromatic carbocycles. The Labute approximate surface area is 110 Å². The summed E-state index contributed by atoms with van der Waals surface area (Å²) < 4.78 is 5.82. The van der Waals surface area contributed by atoms with Gasteiger partial charge in [-0.25, -0.2) is 0 Å². The number of nitrogens with zero attached hydrogens (tertiary/aromatic N) is 1. The zero-order valence-corrected chi connectivity index (χ0v) is 12.1. The molecule has 3 atom stereocenters. The highest BCUT2D eigenvalue weighted by Gasteiger charge is 2.29. The van der Waals surface area contributed by atoms with Crippen LogP contribution in [0.15, 0.2) is 10.5 Å². The van der Waals surface area contributed by atoms with Crippen LogP contribution in [0.3, 0.4) is 0 Å². The molecule has 0 bridgehead atoms. The minimum atomic E-state index is 0.494. The van der Waals surface area contributed by atoms with Crippen molar-refractivity contribution in [2.45, 2.75) is 53.2 Å². The molecule has 2 rings (SSSR count). The Morgan fingerprint density at radius 1 is 1.39 bits per heavy atom. The number of hydrogen-bond acceptors (Lipinski definition) is 3. The lowest BCUT2D eigenvalue weighted by atomic mass is 9.86. The molecule has 2 heterocycles. The van der Waals surface area contributed by atoms with E-state index in [1.807, 2.05) is 0 Å². The fraction of sp³-hybridized carbons (Fsp3) is 0.733. The summed E-state index contributed by atoms with van der Waals surface area (Å²) in [6.45, 7) is 11.7. The third kappa shape index (κ3) is 2.78. The molecule has 1 aromatic rings. The van der Waals surface area contributed by atoms with Gasteiger partial charge in [0.2, 0.25) is 0 Å². The number of nitrogens with two attached hydrogens (primary N) is 1. The summed E-state index contributed by atoms with van der Waals surface area (Å²) >= 11 is 0. The number of aryl methyl sites for hydroxylation is 1. The molecule has 2 N–H and O–H groups in total. The lowest BCUT2D eigenvalue weighted by molar-refractivity contribution is 0.0665. The maximum atomic E-state index is 5.82. The first kappa shape index (κ1) is 13.6. The van der Waals surface area contributed by atoms with Crippen LogP contribution in [-0.2, 0) is 13.1 Å². The number of hydrogen-bond donors (Lipinski definition) is 1. The molecule has 1 saturated heterocycles. The van der Waals surface area contributed by atoms with Gasteiger partial charge in [0.25, 0.3) is 0 Å². The number of likely N-dealkylation sites (tertiary alicyclic amines) is 1. The zero-order valence-electron chi connectivity index (χ0n) is 12.1. The van der Waals surface area contributed by atoms with Gasteiger partial charge in [0.15, 0.2) is 0 Å². The molecule has 102 valence electrons. The highest BCUT2D eigenvalue weighted by Crippen LogP contribution is 2.28. The molecule has 3 heteroatoms. The van der Waals surface area contributed by atoms with Gasteiger partial charge in [-0.15, -0.1) is 0 Å². The first-order valence-corrected chi connectivity index (χ1v) is 7.03. The van der Waals surface area contributed by atoms with Crippen LogP contribution in [-0.4, -0.2) is 17.5 Å². The van der Waals surface area contributed by atoms with E-state index in [-0.39, 0.29) is 0 Å². The van der Waals surface area contributed by atoms with Gasteiger partial charge < -0.3 is 10.2 Å². The Morgan fingerprint density at radius 3 is 2.72 bits per heavy atom. The monoisotopic (exact) mass is 250 g/mol. The van der Waals surface area contributed by atoms with Gasteiger partial charge in [-0.3, -0.25) is 4.90 Å². The highest BCUT2D eigenvalue weighted by molar-refractivity contribution is 5.20. The fourth-order valence-electron chi connectivity index (χ4n) is 3.11. The first-order valence-electron chi connectivity index (χ1n) is 7.03. The van der Waals surface area contributed by atoms with Crippen molar-refractivity contribution in [1.82, 2.24) is 4.90 Å². The van der Waals surface area contributed by atoms with E-state index in [2.05, 4.69) is 38.7 Å². The Hall–Kier alpha value is -0.800. The molecule has 0 saturated carbocycles. The second kappa shape index (κ2) is 5.45. The average Bonchev–Trinajstić information content (AvgIpc) is 2.65. The Morgan fingerprint density at radius 2 is 2.11 bits per heavy atom. The maximum Gasteiger partial charge on any atom is 0.120 e. The van der Waals surface area contributed by atoms with Crippen LogP contribution in [0.1, 0.15) is 44.3 Å². The van der Waals surface area contributed by atoms with Gasteiger partial charge in [-0.05, 0) is 43.7 Å². The molecule has 0 amide bonds. The van der Waals surface area contributed by atoms with Crippen LogP contribution in [0.2, 0.25) is 0 Å². The minimum Gasteiger partial charge on any atom is -0.463 e. The quantitative estimate of drug-likeness (QED) is 0.897. The minimum absolute atomic E-state index is 0.494.